The van der Waals surface area contributed by atoms with E-state index in [1.54, 1.807) is 33.8 Å². The molecule has 0 bridgehead atoms. The van der Waals surface area contributed by atoms with Crippen LogP contribution in [0.5, 0.6) is 0 Å². The van der Waals surface area contributed by atoms with Gasteiger partial charge in [0.05, 0.1) is 12.3 Å². The Labute approximate surface area is 261 Å². The molecule has 1 aliphatic rings. The van der Waals surface area contributed by atoms with Gasteiger partial charge in [0.1, 0.15) is 24.3 Å². The van der Waals surface area contributed by atoms with Crippen molar-refractivity contribution in [3.05, 3.63) is 47.4 Å². The standard InChI is InChI=1S/C32H48FN7O3S/c1-8-17-39-26(15-16-34-39)31(41)37-29(24-11-9-21(2)10-12-24)32(42)36-27-14-13-25(30(33)35-27)28-22(3)38-40(23(28)4)20-43-18-19-44(5,6)7/h13-16,21,24,29H,8-12,17-20H2,1-7H3,(H,37,41)(H,35,36,42)/t21-,24-,29-/m0/s1. The van der Waals surface area contributed by atoms with Crippen LogP contribution in [0.4, 0.5) is 10.2 Å². The molecule has 3 aromatic rings. The van der Waals surface area contributed by atoms with Crippen molar-refractivity contribution in [1.82, 2.24) is 29.9 Å². The molecule has 10 nitrogen and oxygen atoms in total. The first-order valence-electron chi connectivity index (χ1n) is 15.5. The lowest BCUT2D eigenvalue weighted by Crippen LogP contribution is -2.49. The van der Waals surface area contributed by atoms with Crippen molar-refractivity contribution >= 4 is 27.7 Å². The van der Waals surface area contributed by atoms with Gasteiger partial charge < -0.3 is 15.4 Å². The van der Waals surface area contributed by atoms with Crippen molar-refractivity contribution in [3.8, 4) is 11.1 Å². The molecular weight excluding hydrogens is 581 g/mol. The van der Waals surface area contributed by atoms with E-state index in [1.807, 2.05) is 20.8 Å². The molecule has 0 saturated heterocycles. The summed E-state index contributed by atoms with van der Waals surface area (Å²) in [7, 11) is -0.654. The second-order valence-electron chi connectivity index (χ2n) is 12.8. The summed E-state index contributed by atoms with van der Waals surface area (Å²) in [4.78, 5) is 31.0. The van der Waals surface area contributed by atoms with Crippen LogP contribution in [-0.4, -0.2) is 73.5 Å². The highest BCUT2D eigenvalue weighted by Crippen LogP contribution is 2.34. The summed E-state index contributed by atoms with van der Waals surface area (Å²) < 4.78 is 24.7. The lowest BCUT2D eigenvalue weighted by molar-refractivity contribution is -0.119. The summed E-state index contributed by atoms with van der Waals surface area (Å²) in [5.41, 5.74) is 2.82. The first-order valence-corrected chi connectivity index (χ1v) is 18.5. The molecule has 3 aromatic heterocycles. The fourth-order valence-electron chi connectivity index (χ4n) is 5.71. The zero-order valence-corrected chi connectivity index (χ0v) is 28.0. The SMILES string of the molecule is CCCn1nccc1C(=O)N[C@H](C(=O)Nc1ccc(-c2c(C)nn(COCCS(C)(C)C)c2C)c(F)n1)[C@H]1CC[C@H](C)CC1. The van der Waals surface area contributed by atoms with Gasteiger partial charge in [-0.2, -0.15) is 14.6 Å². The van der Waals surface area contributed by atoms with E-state index in [0.29, 0.717) is 41.6 Å². The lowest BCUT2D eigenvalue weighted by Gasteiger charge is -2.32. The number of nitrogens with one attached hydrogen (secondary N) is 2. The van der Waals surface area contributed by atoms with Crippen LogP contribution in [0.25, 0.3) is 11.1 Å². The number of aryl methyl sites for hydroxylation is 2. The molecule has 1 aliphatic carbocycles. The number of anilines is 1. The third-order valence-corrected chi connectivity index (χ3v) is 9.68. The van der Waals surface area contributed by atoms with E-state index in [4.69, 9.17) is 4.74 Å². The van der Waals surface area contributed by atoms with Crippen LogP contribution in [0, 0.1) is 31.6 Å². The van der Waals surface area contributed by atoms with E-state index < -0.39 is 27.9 Å². The quantitative estimate of drug-likeness (QED) is 0.190. The molecule has 0 aromatic carbocycles. The van der Waals surface area contributed by atoms with Gasteiger partial charge in [-0.3, -0.25) is 14.3 Å². The summed E-state index contributed by atoms with van der Waals surface area (Å²) in [6, 6.07) is 4.08. The maximum absolute atomic E-state index is 15.5. The van der Waals surface area contributed by atoms with Crippen molar-refractivity contribution in [2.75, 3.05) is 36.4 Å². The molecule has 242 valence electrons. The third-order valence-electron chi connectivity index (χ3n) is 8.29. The van der Waals surface area contributed by atoms with Gasteiger partial charge in [0, 0.05) is 35.3 Å². The number of hydrogen-bond acceptors (Lipinski definition) is 6. The summed E-state index contributed by atoms with van der Waals surface area (Å²) >= 11 is 0. The predicted octanol–water partition coefficient (Wildman–Crippen LogP) is 5.54. The minimum Gasteiger partial charge on any atom is -0.358 e. The zero-order chi connectivity index (χ0) is 32.0. The summed E-state index contributed by atoms with van der Waals surface area (Å²) in [6.07, 6.45) is 12.7. The number of hydrogen-bond donors (Lipinski definition) is 2. The molecule has 1 fully saturated rings. The van der Waals surface area contributed by atoms with E-state index in [9.17, 15) is 9.59 Å². The van der Waals surface area contributed by atoms with E-state index in [-0.39, 0.29) is 24.4 Å². The Morgan fingerprint density at radius 3 is 2.50 bits per heavy atom. The molecule has 0 aliphatic heterocycles. The number of amides is 2. The Morgan fingerprint density at radius 2 is 1.84 bits per heavy atom. The Hall–Kier alpha value is -3.25. The highest BCUT2D eigenvalue weighted by Gasteiger charge is 2.33. The number of carbonyl (C=O) groups is 2. The summed E-state index contributed by atoms with van der Waals surface area (Å²) in [6.45, 7) is 9.46. The van der Waals surface area contributed by atoms with E-state index in [1.165, 1.54) is 0 Å². The van der Waals surface area contributed by atoms with Crippen molar-refractivity contribution in [2.45, 2.75) is 79.1 Å². The Balaban J connectivity index is 1.49. The molecule has 0 spiro atoms. The maximum Gasteiger partial charge on any atom is 0.270 e. The topological polar surface area (TPSA) is 116 Å². The first kappa shape index (κ1) is 33.6. The molecule has 2 N–H and O–H groups in total. The number of rotatable bonds is 13. The fraction of sp³-hybridized carbons (Fsp3) is 0.594. The van der Waals surface area contributed by atoms with Crippen molar-refractivity contribution in [1.29, 1.82) is 0 Å². The molecule has 4 rings (SSSR count). The smallest absolute Gasteiger partial charge is 0.270 e. The summed E-state index contributed by atoms with van der Waals surface area (Å²) in [5, 5.41) is 14.6. The molecule has 3 heterocycles. The highest BCUT2D eigenvalue weighted by molar-refractivity contribution is 8.32. The van der Waals surface area contributed by atoms with Gasteiger partial charge in [-0.15, -0.1) is 0 Å². The van der Waals surface area contributed by atoms with E-state index in [0.717, 1.165) is 43.6 Å². The first-order chi connectivity index (χ1) is 20.9. The highest BCUT2D eigenvalue weighted by atomic mass is 32.3. The molecule has 0 radical (unpaired) electrons. The van der Waals surface area contributed by atoms with Gasteiger partial charge in [0.2, 0.25) is 11.9 Å². The molecule has 2 amide bonds. The van der Waals surface area contributed by atoms with Crippen LogP contribution < -0.4 is 10.6 Å². The third kappa shape index (κ3) is 8.47. The van der Waals surface area contributed by atoms with Gasteiger partial charge in [-0.05, 0) is 81.9 Å². The summed E-state index contributed by atoms with van der Waals surface area (Å²) in [5.74, 6) is 0.160. The van der Waals surface area contributed by atoms with Gasteiger partial charge in [-0.25, -0.2) is 19.7 Å². The van der Waals surface area contributed by atoms with Crippen molar-refractivity contribution in [2.24, 2.45) is 11.8 Å². The second-order valence-corrected chi connectivity index (χ2v) is 17.4. The number of nitrogens with zero attached hydrogens (tertiary/aromatic N) is 5. The monoisotopic (exact) mass is 629 g/mol. The zero-order valence-electron chi connectivity index (χ0n) is 27.2. The van der Waals surface area contributed by atoms with Crippen molar-refractivity contribution in [3.63, 3.8) is 0 Å². The van der Waals surface area contributed by atoms with Crippen LogP contribution in [0.15, 0.2) is 24.4 Å². The Bertz CT molecular complexity index is 1440. The van der Waals surface area contributed by atoms with Gasteiger partial charge in [0.25, 0.3) is 5.91 Å². The van der Waals surface area contributed by atoms with Gasteiger partial charge in [-0.1, -0.05) is 26.7 Å². The minimum absolute atomic E-state index is 0.0371. The average Bonchev–Trinajstić information content (AvgIpc) is 3.53. The molecule has 1 atom stereocenters. The van der Waals surface area contributed by atoms with E-state index >= 15 is 4.39 Å². The largest absolute Gasteiger partial charge is 0.358 e. The van der Waals surface area contributed by atoms with Crippen molar-refractivity contribution < 1.29 is 18.7 Å². The normalized spacial score (nSPS) is 18.2. The van der Waals surface area contributed by atoms with Crippen LogP contribution in [0.1, 0.15) is 67.8 Å². The molecule has 12 heteroatoms. The van der Waals surface area contributed by atoms with E-state index in [2.05, 4.69) is 51.5 Å². The number of carbonyl (C=O) groups excluding carboxylic acids is 2. The molecule has 1 saturated carbocycles. The minimum atomic E-state index is -0.785. The molecular formula is C32H48FN7O3S. The van der Waals surface area contributed by atoms with Gasteiger partial charge in [0.15, 0.2) is 0 Å². The van der Waals surface area contributed by atoms with Gasteiger partial charge >= 0.3 is 0 Å². The fourth-order valence-corrected chi connectivity index (χ4v) is 6.33. The molecule has 0 unspecified atom stereocenters. The number of aromatic nitrogens is 5. The predicted molar refractivity (Wildman–Crippen MR) is 175 cm³/mol. The van der Waals surface area contributed by atoms with Crippen LogP contribution in [-0.2, 0) is 22.8 Å². The number of pyridine rings is 1. The Morgan fingerprint density at radius 1 is 1.11 bits per heavy atom. The Kier molecular flexibility index (Phi) is 11.2. The maximum atomic E-state index is 15.5. The van der Waals surface area contributed by atoms with Crippen LogP contribution in [0.2, 0.25) is 0 Å². The molecule has 44 heavy (non-hydrogen) atoms. The second kappa shape index (κ2) is 14.7. The lowest BCUT2D eigenvalue weighted by atomic mass is 9.79. The van der Waals surface area contributed by atoms with Crippen LogP contribution in [0.3, 0.4) is 0 Å². The number of ether oxygens (including phenoxy) is 1. The number of halogens is 1. The van der Waals surface area contributed by atoms with Crippen LogP contribution >= 0.6 is 10.0 Å². The average molecular weight is 630 g/mol.